The molecule has 3 aromatic rings. The molecule has 0 spiro atoms. The molecule has 10 nitrogen and oxygen atoms in total. The second kappa shape index (κ2) is 9.14. The fourth-order valence-corrected chi connectivity index (χ4v) is 4.85. The van der Waals surface area contributed by atoms with Crippen LogP contribution in [0.3, 0.4) is 0 Å². The van der Waals surface area contributed by atoms with Gasteiger partial charge in [0.2, 0.25) is 5.95 Å². The van der Waals surface area contributed by atoms with Crippen LogP contribution in [-0.4, -0.2) is 101 Å². The number of morpholine rings is 1. The highest BCUT2D eigenvalue weighted by Gasteiger charge is 2.36. The molecule has 5 heterocycles. The van der Waals surface area contributed by atoms with Crippen LogP contribution in [0.1, 0.15) is 5.56 Å². The molecule has 0 unspecified atom stereocenters. The number of fused-ring (bicyclic) bond motifs is 1. The first-order valence-electron chi connectivity index (χ1n) is 11.9. The average molecular weight is 506 g/mol. The fraction of sp³-hybridized carbons (Fsp3) is 0.522. The van der Waals surface area contributed by atoms with Crippen LogP contribution in [0.15, 0.2) is 30.5 Å². The Hall–Kier alpha value is -3.00. The molecule has 0 bridgehead atoms. The van der Waals surface area contributed by atoms with E-state index >= 15 is 0 Å². The third-order valence-electron chi connectivity index (χ3n) is 6.92. The lowest BCUT2D eigenvalue weighted by molar-refractivity contribution is -0.137. The lowest BCUT2D eigenvalue weighted by Crippen LogP contribution is -2.61. The zero-order chi connectivity index (χ0) is 24.9. The van der Waals surface area contributed by atoms with E-state index in [1.807, 2.05) is 0 Å². The first kappa shape index (κ1) is 23.4. The number of nitrogens with zero attached hydrogens (tertiary/aromatic N) is 6. The Morgan fingerprint density at radius 2 is 1.86 bits per heavy atom. The van der Waals surface area contributed by atoms with E-state index in [-0.39, 0.29) is 18.2 Å². The van der Waals surface area contributed by atoms with E-state index in [0.717, 1.165) is 51.5 Å². The van der Waals surface area contributed by atoms with Crippen LogP contribution in [0.5, 0.6) is 0 Å². The third kappa shape index (κ3) is 4.36. The van der Waals surface area contributed by atoms with Crippen LogP contribution in [0.25, 0.3) is 16.7 Å². The number of alkyl halides is 3. The van der Waals surface area contributed by atoms with E-state index in [9.17, 15) is 18.3 Å². The van der Waals surface area contributed by atoms with E-state index in [1.165, 1.54) is 10.7 Å². The molecule has 0 amide bonds. The van der Waals surface area contributed by atoms with E-state index in [2.05, 4.69) is 25.2 Å². The molecule has 2 N–H and O–H groups in total. The van der Waals surface area contributed by atoms with Gasteiger partial charge in [-0.05, 0) is 18.2 Å². The Bertz CT molecular complexity index is 1240. The molecule has 0 radical (unpaired) electrons. The summed E-state index contributed by atoms with van der Waals surface area (Å²) >= 11 is 0. The summed E-state index contributed by atoms with van der Waals surface area (Å²) in [6, 6.07) is 4.96. The zero-order valence-corrected chi connectivity index (χ0v) is 19.4. The molecule has 0 saturated carbocycles. The van der Waals surface area contributed by atoms with E-state index in [0.29, 0.717) is 29.5 Å². The van der Waals surface area contributed by atoms with Gasteiger partial charge in [0.1, 0.15) is 5.82 Å². The molecule has 1 aromatic carbocycles. The summed E-state index contributed by atoms with van der Waals surface area (Å²) in [4.78, 5) is 13.8. The summed E-state index contributed by atoms with van der Waals surface area (Å²) in [5, 5.41) is 18.3. The van der Waals surface area contributed by atoms with Crippen LogP contribution < -0.4 is 10.2 Å². The van der Waals surface area contributed by atoms with Crippen molar-refractivity contribution in [3.63, 3.8) is 0 Å². The number of halogens is 3. The highest BCUT2D eigenvalue weighted by Crippen LogP contribution is 2.34. The number of anilines is 2. The second-order valence-corrected chi connectivity index (χ2v) is 9.28. The lowest BCUT2D eigenvalue weighted by Gasteiger charge is -2.47. The Balaban J connectivity index is 1.36. The monoisotopic (exact) mass is 505 g/mol. The minimum Gasteiger partial charge on any atom is -0.388 e. The Labute approximate surface area is 204 Å². The van der Waals surface area contributed by atoms with Crippen molar-refractivity contribution in [2.45, 2.75) is 24.4 Å². The van der Waals surface area contributed by atoms with Crippen molar-refractivity contribution in [1.82, 2.24) is 24.6 Å². The summed E-state index contributed by atoms with van der Waals surface area (Å²) in [5.41, 5.74) is -0.141. The standard InChI is InChI=1S/C23H26F3N7O3/c24-23(25,26)14-2-1-3-15(8-14)33-21-17(9-27-33)20(29-22(30-21)28-18-12-36-13-19(18)34)32-10-16(11-32)31-4-6-35-7-5-31/h1-3,8-9,16,18-19,34H,4-7,10-13H2,(H,28,29,30)/t18-,19-/m0/s1. The van der Waals surface area contributed by atoms with E-state index in [1.54, 1.807) is 12.3 Å². The Morgan fingerprint density at radius 1 is 1.06 bits per heavy atom. The number of aromatic nitrogens is 4. The number of rotatable bonds is 5. The number of nitrogens with one attached hydrogen (secondary N) is 1. The molecule has 3 aliphatic rings. The molecule has 13 heteroatoms. The quantitative estimate of drug-likeness (QED) is 0.535. The van der Waals surface area contributed by atoms with Crippen molar-refractivity contribution in [1.29, 1.82) is 0 Å². The number of benzene rings is 1. The molecule has 2 atom stereocenters. The average Bonchev–Trinajstić information content (AvgIpc) is 3.44. The summed E-state index contributed by atoms with van der Waals surface area (Å²) in [7, 11) is 0. The van der Waals surface area contributed by atoms with Gasteiger partial charge in [-0.25, -0.2) is 4.68 Å². The maximum atomic E-state index is 13.3. The number of hydrogen-bond acceptors (Lipinski definition) is 9. The smallest absolute Gasteiger partial charge is 0.388 e. The Kier molecular flexibility index (Phi) is 5.94. The van der Waals surface area contributed by atoms with Crippen LogP contribution in [0, 0.1) is 0 Å². The summed E-state index contributed by atoms with van der Waals surface area (Å²) in [6.45, 7) is 5.24. The number of aliphatic hydroxyl groups is 1. The first-order chi connectivity index (χ1) is 17.4. The van der Waals surface area contributed by atoms with Gasteiger partial charge >= 0.3 is 6.18 Å². The van der Waals surface area contributed by atoms with Gasteiger partial charge in [0.15, 0.2) is 5.65 Å². The second-order valence-electron chi connectivity index (χ2n) is 9.28. The number of hydrogen-bond donors (Lipinski definition) is 2. The predicted octanol–water partition coefficient (Wildman–Crippen LogP) is 1.53. The number of ether oxygens (including phenoxy) is 2. The van der Waals surface area contributed by atoms with Gasteiger partial charge in [-0.2, -0.15) is 28.2 Å². The third-order valence-corrected chi connectivity index (χ3v) is 6.92. The molecular formula is C23H26F3N7O3. The van der Waals surface area contributed by atoms with Crippen molar-refractivity contribution < 1.29 is 27.8 Å². The van der Waals surface area contributed by atoms with Crippen LogP contribution in [0.2, 0.25) is 0 Å². The topological polar surface area (TPSA) is 101 Å². The van der Waals surface area contributed by atoms with Crippen molar-refractivity contribution in [3.05, 3.63) is 36.0 Å². The minimum atomic E-state index is -4.48. The molecular weight excluding hydrogens is 479 g/mol. The van der Waals surface area contributed by atoms with Crippen LogP contribution in [0.4, 0.5) is 24.9 Å². The summed E-state index contributed by atoms with van der Waals surface area (Å²) in [5.74, 6) is 0.911. The van der Waals surface area contributed by atoms with Gasteiger partial charge in [-0.3, -0.25) is 4.90 Å². The van der Waals surface area contributed by atoms with Gasteiger partial charge in [-0.1, -0.05) is 6.07 Å². The largest absolute Gasteiger partial charge is 0.416 e. The maximum Gasteiger partial charge on any atom is 0.416 e. The van der Waals surface area contributed by atoms with E-state index < -0.39 is 23.9 Å². The molecule has 2 aromatic heterocycles. The fourth-order valence-electron chi connectivity index (χ4n) is 4.85. The van der Waals surface area contributed by atoms with Crippen molar-refractivity contribution in [2.24, 2.45) is 0 Å². The molecule has 192 valence electrons. The molecule has 3 saturated heterocycles. The zero-order valence-electron chi connectivity index (χ0n) is 19.4. The van der Waals surface area contributed by atoms with Crippen molar-refractivity contribution in [2.75, 3.05) is 62.8 Å². The van der Waals surface area contributed by atoms with E-state index in [4.69, 9.17) is 14.5 Å². The van der Waals surface area contributed by atoms with Crippen molar-refractivity contribution in [3.8, 4) is 5.69 Å². The van der Waals surface area contributed by atoms with Gasteiger partial charge < -0.3 is 24.8 Å². The highest BCUT2D eigenvalue weighted by molar-refractivity contribution is 5.89. The molecule has 0 aliphatic carbocycles. The molecule has 3 aliphatic heterocycles. The van der Waals surface area contributed by atoms with Crippen molar-refractivity contribution >= 4 is 22.8 Å². The molecule has 6 rings (SSSR count). The molecule has 3 fully saturated rings. The first-order valence-corrected chi connectivity index (χ1v) is 11.9. The van der Waals surface area contributed by atoms with Gasteiger partial charge in [-0.15, -0.1) is 0 Å². The van der Waals surface area contributed by atoms with Gasteiger partial charge in [0, 0.05) is 32.2 Å². The summed E-state index contributed by atoms with van der Waals surface area (Å²) in [6.07, 6.45) is -3.60. The van der Waals surface area contributed by atoms with Crippen LogP contribution >= 0.6 is 0 Å². The van der Waals surface area contributed by atoms with Gasteiger partial charge in [0.05, 0.1) is 61.4 Å². The van der Waals surface area contributed by atoms with Crippen LogP contribution in [-0.2, 0) is 15.7 Å². The maximum absolute atomic E-state index is 13.3. The number of aliphatic hydroxyl groups excluding tert-OH is 1. The predicted molar refractivity (Wildman–Crippen MR) is 124 cm³/mol. The van der Waals surface area contributed by atoms with Gasteiger partial charge in [0.25, 0.3) is 0 Å². The Morgan fingerprint density at radius 3 is 2.58 bits per heavy atom. The molecule has 36 heavy (non-hydrogen) atoms. The SMILES string of the molecule is O[C@H]1COC[C@@H]1Nc1nc(N2CC(N3CCOCC3)C2)c2cnn(-c3cccc(C(F)(F)F)c3)c2n1. The highest BCUT2D eigenvalue weighted by atomic mass is 19.4. The normalized spacial score (nSPS) is 23.8. The summed E-state index contributed by atoms with van der Waals surface area (Å²) < 4.78 is 52.2. The lowest BCUT2D eigenvalue weighted by atomic mass is 10.1. The minimum absolute atomic E-state index is 0.211.